The molecule has 2 aromatic heterocycles. The third-order valence-corrected chi connectivity index (χ3v) is 7.63. The van der Waals surface area contributed by atoms with Crippen LogP contribution in [0, 0.1) is 10.1 Å². The summed E-state index contributed by atoms with van der Waals surface area (Å²) >= 11 is 0. The Bertz CT molecular complexity index is 1540. The normalized spacial score (nSPS) is 15.9. The number of fused-ring (bicyclic) bond motifs is 3. The van der Waals surface area contributed by atoms with Crippen molar-refractivity contribution in [1.29, 1.82) is 0 Å². The average molecular weight is 469 g/mol. The minimum Gasteiger partial charge on any atom is -0.422 e. The number of rotatable bonds is 5. The van der Waals surface area contributed by atoms with Gasteiger partial charge in [0.05, 0.1) is 11.6 Å². The summed E-state index contributed by atoms with van der Waals surface area (Å²) in [6, 6.07) is 12.5. The van der Waals surface area contributed by atoms with Gasteiger partial charge in [-0.25, -0.2) is 13.2 Å². The first-order valence-corrected chi connectivity index (χ1v) is 11.6. The zero-order chi connectivity index (χ0) is 23.2. The van der Waals surface area contributed by atoms with Crippen molar-refractivity contribution in [3.63, 3.8) is 0 Å². The molecule has 2 aromatic carbocycles. The van der Waals surface area contributed by atoms with E-state index in [0.29, 0.717) is 36.2 Å². The minimum absolute atomic E-state index is 0.181. The lowest BCUT2D eigenvalue weighted by Gasteiger charge is -2.33. The highest BCUT2D eigenvalue weighted by molar-refractivity contribution is 7.89. The van der Waals surface area contributed by atoms with Crippen molar-refractivity contribution in [3.05, 3.63) is 75.3 Å². The molecule has 0 spiro atoms. The zero-order valence-electron chi connectivity index (χ0n) is 17.3. The van der Waals surface area contributed by atoms with Crippen LogP contribution in [0.3, 0.4) is 0 Å². The molecule has 12 heteroatoms. The Hall–Kier alpha value is -3.61. The predicted octanol–water partition coefficient (Wildman–Crippen LogP) is 2.01. The van der Waals surface area contributed by atoms with E-state index in [4.69, 9.17) is 4.42 Å². The zero-order valence-corrected chi connectivity index (χ0v) is 18.1. The van der Waals surface area contributed by atoms with E-state index in [2.05, 4.69) is 5.10 Å². The summed E-state index contributed by atoms with van der Waals surface area (Å²) in [7, 11) is -4.00. The van der Waals surface area contributed by atoms with Crippen LogP contribution < -0.4 is 5.63 Å². The molecular formula is C21H19N5O6S. The summed E-state index contributed by atoms with van der Waals surface area (Å²) in [6.07, 6.45) is 1.63. The Balaban J connectivity index is 1.34. The molecule has 4 aromatic rings. The summed E-state index contributed by atoms with van der Waals surface area (Å²) in [5.74, 6) is 0. The van der Waals surface area contributed by atoms with E-state index in [1.807, 2.05) is 17.0 Å². The molecule has 5 rings (SSSR count). The smallest absolute Gasteiger partial charge is 0.347 e. The number of piperazine rings is 1. The molecular weight excluding hydrogens is 450 g/mol. The maximum atomic E-state index is 13.0. The van der Waals surface area contributed by atoms with Gasteiger partial charge < -0.3 is 4.42 Å². The molecule has 0 unspecified atom stereocenters. The van der Waals surface area contributed by atoms with E-state index >= 15 is 0 Å². The lowest BCUT2D eigenvalue weighted by Crippen LogP contribution is -2.48. The van der Waals surface area contributed by atoms with E-state index in [1.165, 1.54) is 28.6 Å². The van der Waals surface area contributed by atoms with Gasteiger partial charge in [-0.2, -0.15) is 9.40 Å². The fourth-order valence-electron chi connectivity index (χ4n) is 4.03. The summed E-state index contributed by atoms with van der Waals surface area (Å²) < 4.78 is 34.2. The number of nitro groups is 1. The molecule has 1 fully saturated rings. The Labute approximate surface area is 187 Å². The molecule has 0 amide bonds. The van der Waals surface area contributed by atoms with E-state index < -0.39 is 26.3 Å². The van der Waals surface area contributed by atoms with Crippen LogP contribution in [0.5, 0.6) is 0 Å². The second-order valence-corrected chi connectivity index (χ2v) is 9.61. The number of benzene rings is 2. The molecule has 1 saturated heterocycles. The quantitative estimate of drug-likeness (QED) is 0.246. The third-order valence-electron chi connectivity index (χ3n) is 5.68. The van der Waals surface area contributed by atoms with Crippen LogP contribution in [0.2, 0.25) is 0 Å². The summed E-state index contributed by atoms with van der Waals surface area (Å²) in [6.45, 7) is 1.54. The number of sulfonamides is 1. The number of para-hydroxylation sites is 2. The van der Waals surface area contributed by atoms with Crippen molar-refractivity contribution >= 4 is 37.6 Å². The van der Waals surface area contributed by atoms with Crippen molar-refractivity contribution < 1.29 is 17.8 Å². The van der Waals surface area contributed by atoms with E-state index in [1.54, 1.807) is 23.0 Å². The molecule has 1 aliphatic rings. The van der Waals surface area contributed by atoms with Gasteiger partial charge in [-0.15, -0.1) is 0 Å². The Morgan fingerprint density at radius 2 is 1.70 bits per heavy atom. The summed E-state index contributed by atoms with van der Waals surface area (Å²) in [4.78, 5) is 24.6. The van der Waals surface area contributed by atoms with Crippen LogP contribution in [0.1, 0.15) is 0 Å². The number of aromatic nitrogens is 2. The second kappa shape index (κ2) is 8.06. The topological polar surface area (TPSA) is 132 Å². The Morgan fingerprint density at radius 3 is 2.45 bits per heavy atom. The third kappa shape index (κ3) is 3.77. The second-order valence-electron chi connectivity index (χ2n) is 7.70. The predicted molar refractivity (Wildman–Crippen MR) is 119 cm³/mol. The first kappa shape index (κ1) is 21.2. The van der Waals surface area contributed by atoms with Crippen LogP contribution in [0.15, 0.2) is 68.8 Å². The molecule has 1 aliphatic heterocycles. The van der Waals surface area contributed by atoms with Crippen molar-refractivity contribution in [3.8, 4) is 0 Å². The number of hydrogen-bond acceptors (Lipinski definition) is 8. The highest BCUT2D eigenvalue weighted by Gasteiger charge is 2.33. The van der Waals surface area contributed by atoms with Gasteiger partial charge in [-0.1, -0.05) is 24.3 Å². The molecule has 0 bridgehead atoms. The van der Waals surface area contributed by atoms with Crippen LogP contribution in [-0.4, -0.2) is 58.5 Å². The van der Waals surface area contributed by atoms with E-state index in [0.717, 1.165) is 5.39 Å². The first-order valence-electron chi connectivity index (χ1n) is 10.2. The van der Waals surface area contributed by atoms with Gasteiger partial charge in [0.2, 0.25) is 10.0 Å². The van der Waals surface area contributed by atoms with Crippen molar-refractivity contribution in [2.75, 3.05) is 26.2 Å². The lowest BCUT2D eigenvalue weighted by molar-refractivity contribution is -0.387. The number of hydrogen-bond donors (Lipinski definition) is 0. The average Bonchev–Trinajstić information content (AvgIpc) is 3.24. The summed E-state index contributed by atoms with van der Waals surface area (Å²) in [5, 5.41) is 16.9. The number of nitro benzene ring substituents is 1. The standard InChI is InChI=1S/C21H19N5O6S/c27-21-16-13-24(22-20(16)15-5-1-3-7-18(15)32-21)14-23-9-11-25(12-10-23)33(30,31)19-8-4-2-6-17(19)26(28)29/h1-8,13H,9-12,14H2. The van der Waals surface area contributed by atoms with Crippen molar-refractivity contribution in [1.82, 2.24) is 19.0 Å². The monoisotopic (exact) mass is 469 g/mol. The largest absolute Gasteiger partial charge is 0.422 e. The van der Waals surface area contributed by atoms with Gasteiger partial charge in [0.15, 0.2) is 4.90 Å². The highest BCUT2D eigenvalue weighted by atomic mass is 32.2. The maximum absolute atomic E-state index is 13.0. The molecule has 33 heavy (non-hydrogen) atoms. The summed E-state index contributed by atoms with van der Waals surface area (Å²) in [5.41, 5.74) is 0.123. The SMILES string of the molecule is O=c1oc2ccccc2c2nn(CN3CCN(S(=O)(=O)c4ccccc4[N+](=O)[O-])CC3)cc12. The molecule has 0 aliphatic carbocycles. The van der Waals surface area contributed by atoms with Gasteiger partial charge in [0, 0.05) is 43.8 Å². The van der Waals surface area contributed by atoms with Crippen LogP contribution >= 0.6 is 0 Å². The lowest BCUT2D eigenvalue weighted by atomic mass is 10.2. The minimum atomic E-state index is -4.00. The Morgan fingerprint density at radius 1 is 1.00 bits per heavy atom. The maximum Gasteiger partial charge on any atom is 0.347 e. The van der Waals surface area contributed by atoms with Gasteiger partial charge in [0.25, 0.3) is 5.69 Å². The van der Waals surface area contributed by atoms with Crippen molar-refractivity contribution in [2.45, 2.75) is 11.6 Å². The van der Waals surface area contributed by atoms with Crippen molar-refractivity contribution in [2.24, 2.45) is 0 Å². The van der Waals surface area contributed by atoms with Gasteiger partial charge in [-0.3, -0.25) is 19.7 Å². The van der Waals surface area contributed by atoms with Gasteiger partial charge in [-0.05, 0) is 18.2 Å². The van der Waals surface area contributed by atoms with Crippen LogP contribution in [-0.2, 0) is 16.7 Å². The first-order chi connectivity index (χ1) is 15.8. The molecule has 0 N–H and O–H groups in total. The molecule has 0 saturated carbocycles. The van der Waals surface area contributed by atoms with E-state index in [-0.39, 0.29) is 18.0 Å². The van der Waals surface area contributed by atoms with Crippen LogP contribution in [0.4, 0.5) is 5.69 Å². The fraction of sp³-hybridized carbons (Fsp3) is 0.238. The van der Waals surface area contributed by atoms with E-state index in [9.17, 15) is 23.3 Å². The highest BCUT2D eigenvalue weighted by Crippen LogP contribution is 2.27. The number of nitrogens with zero attached hydrogens (tertiary/aromatic N) is 5. The molecule has 11 nitrogen and oxygen atoms in total. The molecule has 0 atom stereocenters. The van der Waals surface area contributed by atoms with Crippen LogP contribution in [0.25, 0.3) is 21.9 Å². The Kier molecular flexibility index (Phi) is 5.19. The fourth-order valence-corrected chi connectivity index (χ4v) is 5.61. The molecule has 170 valence electrons. The van der Waals surface area contributed by atoms with Gasteiger partial charge >= 0.3 is 5.63 Å². The molecule has 0 radical (unpaired) electrons. The van der Waals surface area contributed by atoms with Gasteiger partial charge in [0.1, 0.15) is 16.5 Å². The molecule has 3 heterocycles.